The molecule has 0 saturated carbocycles. The van der Waals surface area contributed by atoms with E-state index in [0.717, 1.165) is 24.1 Å². The minimum absolute atomic E-state index is 0.293. The Hall–Kier alpha value is -2.31. The molecule has 3 rings (SSSR count). The highest BCUT2D eigenvalue weighted by molar-refractivity contribution is 5.75. The Morgan fingerprint density at radius 2 is 1.83 bits per heavy atom. The van der Waals surface area contributed by atoms with Crippen molar-refractivity contribution in [3.05, 3.63) is 54.0 Å². The summed E-state index contributed by atoms with van der Waals surface area (Å²) < 4.78 is 9.08. The van der Waals surface area contributed by atoms with Crippen LogP contribution in [0, 0.1) is 5.41 Å². The molecule has 1 unspecified atom stereocenters. The van der Waals surface area contributed by atoms with Crippen LogP contribution in [0.1, 0.15) is 11.9 Å². The molecule has 0 aliphatic carbocycles. The number of aromatic nitrogens is 2. The second kappa shape index (κ2) is 6.44. The first-order valence-corrected chi connectivity index (χ1v) is 7.67. The minimum Gasteiger partial charge on any atom is -0.467 e. The van der Waals surface area contributed by atoms with E-state index in [1.807, 2.05) is 47.5 Å². The number of fused-ring (bicyclic) bond motifs is 1. The van der Waals surface area contributed by atoms with Crippen LogP contribution in [0.15, 0.2) is 47.1 Å². The van der Waals surface area contributed by atoms with Crippen LogP contribution >= 0.6 is 0 Å². The van der Waals surface area contributed by atoms with Gasteiger partial charge >= 0.3 is 0 Å². The average Bonchev–Trinajstić information content (AvgIpc) is 3.14. The number of rotatable bonds is 6. The lowest BCUT2D eigenvalue weighted by Gasteiger charge is -2.11. The number of likely N-dealkylation sites (N-methyl/N-ethyl adjacent to an activating group) is 1. The minimum atomic E-state index is -0.771. The van der Waals surface area contributed by atoms with Crippen LogP contribution in [0.3, 0.4) is 0 Å². The van der Waals surface area contributed by atoms with Gasteiger partial charge in [0.05, 0.1) is 23.8 Å². The van der Waals surface area contributed by atoms with E-state index >= 15 is 0 Å². The summed E-state index contributed by atoms with van der Waals surface area (Å²) in [7, 11) is 4.04. The molecule has 1 atom stereocenters. The Balaban J connectivity index is 1.99. The van der Waals surface area contributed by atoms with E-state index in [1.165, 1.54) is 0 Å². The molecular formula is C17H22N4O2. The number of para-hydroxylation sites is 2. The summed E-state index contributed by atoms with van der Waals surface area (Å²) in [5, 5.41) is 18.9. The number of nitrogens with one attached hydrogen (secondary N) is 1. The molecule has 0 amide bonds. The summed E-state index contributed by atoms with van der Waals surface area (Å²) in [4.78, 5) is 2.09. The molecule has 122 valence electrons. The highest BCUT2D eigenvalue weighted by Crippen LogP contribution is 2.19. The van der Waals surface area contributed by atoms with Crippen molar-refractivity contribution in [2.24, 2.45) is 0 Å². The molecule has 0 fully saturated rings. The maximum Gasteiger partial charge on any atom is 0.203 e. The third-order valence-electron chi connectivity index (χ3n) is 3.97. The van der Waals surface area contributed by atoms with Crippen molar-refractivity contribution >= 4 is 11.0 Å². The van der Waals surface area contributed by atoms with E-state index in [-0.39, 0.29) is 0 Å². The third-order valence-corrected chi connectivity index (χ3v) is 3.97. The molecule has 3 aromatic rings. The largest absolute Gasteiger partial charge is 0.467 e. The number of aliphatic hydroxyl groups is 1. The molecule has 2 aromatic heterocycles. The number of hydrogen-bond donors (Lipinski definition) is 2. The maximum atomic E-state index is 10.4. The predicted octanol–water partition coefficient (Wildman–Crippen LogP) is 1.81. The van der Waals surface area contributed by atoms with E-state index in [4.69, 9.17) is 9.83 Å². The van der Waals surface area contributed by atoms with E-state index in [0.29, 0.717) is 17.9 Å². The Kier molecular flexibility index (Phi) is 4.36. The van der Waals surface area contributed by atoms with Crippen LogP contribution in [0.25, 0.3) is 11.0 Å². The van der Waals surface area contributed by atoms with Gasteiger partial charge in [-0.15, -0.1) is 0 Å². The molecule has 23 heavy (non-hydrogen) atoms. The van der Waals surface area contributed by atoms with Crippen molar-refractivity contribution < 1.29 is 9.52 Å². The lowest BCUT2D eigenvalue weighted by Crippen LogP contribution is -2.29. The van der Waals surface area contributed by atoms with Gasteiger partial charge in [-0.05, 0) is 38.4 Å². The second-order valence-corrected chi connectivity index (χ2v) is 5.91. The van der Waals surface area contributed by atoms with Gasteiger partial charge < -0.3 is 23.6 Å². The summed E-state index contributed by atoms with van der Waals surface area (Å²) in [6, 6.07) is 11.4. The van der Waals surface area contributed by atoms with Crippen molar-refractivity contribution in [2.75, 3.05) is 20.6 Å². The zero-order valence-electron chi connectivity index (χ0n) is 13.4. The molecule has 1 aromatic carbocycles. The summed E-state index contributed by atoms with van der Waals surface area (Å²) in [6.45, 7) is 1.88. The van der Waals surface area contributed by atoms with Crippen LogP contribution in [-0.4, -0.2) is 39.8 Å². The Morgan fingerprint density at radius 3 is 2.43 bits per heavy atom. The molecule has 6 nitrogen and oxygen atoms in total. The fourth-order valence-corrected chi connectivity index (χ4v) is 2.75. The highest BCUT2D eigenvalue weighted by Gasteiger charge is 2.16. The van der Waals surface area contributed by atoms with Crippen LogP contribution in [0.2, 0.25) is 0 Å². The SMILES string of the molecule is CN(C)CCn1c(=N)n(CC(O)c2ccco2)c2ccccc21. The number of furan rings is 1. The molecule has 0 aliphatic rings. The van der Waals surface area contributed by atoms with Gasteiger partial charge in [-0.3, -0.25) is 5.41 Å². The van der Waals surface area contributed by atoms with Gasteiger partial charge in [-0.2, -0.15) is 0 Å². The standard InChI is InChI=1S/C17H22N4O2/c1-19(2)9-10-20-13-6-3-4-7-14(13)21(17(20)18)12-15(22)16-8-5-11-23-16/h3-8,11,15,18,22H,9-10,12H2,1-2H3. The van der Waals surface area contributed by atoms with Crippen molar-refractivity contribution in [1.29, 1.82) is 5.41 Å². The number of aliphatic hydroxyl groups excluding tert-OH is 1. The second-order valence-electron chi connectivity index (χ2n) is 5.91. The zero-order chi connectivity index (χ0) is 16.4. The Morgan fingerprint density at radius 1 is 1.13 bits per heavy atom. The fourth-order valence-electron chi connectivity index (χ4n) is 2.75. The Labute approximate surface area is 134 Å². The van der Waals surface area contributed by atoms with Crippen molar-refractivity contribution in [3.8, 4) is 0 Å². The first-order valence-electron chi connectivity index (χ1n) is 7.67. The van der Waals surface area contributed by atoms with Crippen molar-refractivity contribution in [1.82, 2.24) is 14.0 Å². The van der Waals surface area contributed by atoms with Gasteiger partial charge in [0.15, 0.2) is 0 Å². The Bertz CT molecular complexity index is 830. The van der Waals surface area contributed by atoms with Crippen molar-refractivity contribution in [3.63, 3.8) is 0 Å². The molecule has 6 heteroatoms. The molecule has 2 heterocycles. The maximum absolute atomic E-state index is 10.4. The topological polar surface area (TPSA) is 70.3 Å². The van der Waals surface area contributed by atoms with Gasteiger partial charge in [0.25, 0.3) is 0 Å². The summed E-state index contributed by atoms with van der Waals surface area (Å²) in [6.07, 6.45) is 0.776. The molecule has 0 aliphatic heterocycles. The van der Waals surface area contributed by atoms with Gasteiger partial charge in [-0.1, -0.05) is 12.1 Å². The van der Waals surface area contributed by atoms with Gasteiger partial charge in [-0.25, -0.2) is 0 Å². The van der Waals surface area contributed by atoms with E-state index in [9.17, 15) is 5.11 Å². The smallest absolute Gasteiger partial charge is 0.203 e. The summed E-state index contributed by atoms with van der Waals surface area (Å²) >= 11 is 0. The number of hydrogen-bond acceptors (Lipinski definition) is 4. The fraction of sp³-hybridized carbons (Fsp3) is 0.353. The average molecular weight is 314 g/mol. The molecule has 0 radical (unpaired) electrons. The van der Waals surface area contributed by atoms with Gasteiger partial charge in [0.1, 0.15) is 11.9 Å². The molecule has 0 spiro atoms. The van der Waals surface area contributed by atoms with E-state index < -0.39 is 6.10 Å². The van der Waals surface area contributed by atoms with Crippen LogP contribution in [-0.2, 0) is 13.1 Å². The number of imidazole rings is 1. The quantitative estimate of drug-likeness (QED) is 0.729. The predicted molar refractivity (Wildman–Crippen MR) is 88.0 cm³/mol. The summed E-state index contributed by atoms with van der Waals surface area (Å²) in [5.41, 5.74) is 2.34. The van der Waals surface area contributed by atoms with Crippen LogP contribution in [0.4, 0.5) is 0 Å². The molecule has 2 N–H and O–H groups in total. The monoisotopic (exact) mass is 314 g/mol. The molecule has 0 bridgehead atoms. The molecular weight excluding hydrogens is 292 g/mol. The van der Waals surface area contributed by atoms with Gasteiger partial charge in [0, 0.05) is 13.1 Å². The third kappa shape index (κ3) is 3.09. The first-order chi connectivity index (χ1) is 11.1. The lowest BCUT2D eigenvalue weighted by molar-refractivity contribution is 0.129. The number of nitrogens with zero attached hydrogens (tertiary/aromatic N) is 3. The summed E-state index contributed by atoms with van der Waals surface area (Å²) in [5.74, 6) is 0.516. The van der Waals surface area contributed by atoms with Crippen LogP contribution < -0.4 is 5.62 Å². The van der Waals surface area contributed by atoms with E-state index in [1.54, 1.807) is 18.4 Å². The molecule has 0 saturated heterocycles. The number of benzene rings is 1. The highest BCUT2D eigenvalue weighted by atomic mass is 16.4. The lowest BCUT2D eigenvalue weighted by atomic mass is 10.2. The normalized spacial score (nSPS) is 13.0. The zero-order valence-corrected chi connectivity index (χ0v) is 13.4. The van der Waals surface area contributed by atoms with Gasteiger partial charge in [0.2, 0.25) is 5.62 Å². The first kappa shape index (κ1) is 15.6. The van der Waals surface area contributed by atoms with Crippen molar-refractivity contribution in [2.45, 2.75) is 19.2 Å². The van der Waals surface area contributed by atoms with Crippen LogP contribution in [0.5, 0.6) is 0 Å². The van der Waals surface area contributed by atoms with E-state index in [2.05, 4.69) is 4.90 Å².